The van der Waals surface area contributed by atoms with Gasteiger partial charge in [0.2, 0.25) is 0 Å². The Hall–Kier alpha value is 0.110. The fourth-order valence-electron chi connectivity index (χ4n) is 0.997. The molecule has 0 saturated heterocycles. The molecule has 0 aromatic carbocycles. The van der Waals surface area contributed by atoms with Crippen molar-refractivity contribution < 1.29 is 4.21 Å². The van der Waals surface area contributed by atoms with Crippen LogP contribution in [-0.2, 0) is 10.8 Å². The van der Waals surface area contributed by atoms with E-state index in [9.17, 15) is 4.21 Å². The lowest BCUT2D eigenvalue weighted by Gasteiger charge is -2.10. The lowest BCUT2D eigenvalue weighted by molar-refractivity contribution is 0.607. The molecule has 0 aliphatic rings. The second kappa shape index (κ2) is 6.80. The van der Waals surface area contributed by atoms with E-state index in [1.807, 2.05) is 0 Å². The topological polar surface area (TPSA) is 29.1 Å². The van der Waals surface area contributed by atoms with Crippen LogP contribution in [0.25, 0.3) is 0 Å². The molecule has 0 aliphatic heterocycles. The van der Waals surface area contributed by atoms with Gasteiger partial charge in [0.15, 0.2) is 0 Å². The van der Waals surface area contributed by atoms with Crippen LogP contribution >= 0.6 is 0 Å². The first kappa shape index (κ1) is 11.1. The van der Waals surface area contributed by atoms with Crippen molar-refractivity contribution in [3.8, 4) is 0 Å². The Morgan fingerprint density at radius 1 is 1.45 bits per heavy atom. The van der Waals surface area contributed by atoms with Crippen LogP contribution in [0.2, 0.25) is 0 Å². The second-order valence-electron chi connectivity index (χ2n) is 2.77. The van der Waals surface area contributed by atoms with Gasteiger partial charge in [-0.15, -0.1) is 0 Å². The molecule has 0 spiro atoms. The Kier molecular flexibility index (Phi) is 6.87. The van der Waals surface area contributed by atoms with Crippen LogP contribution in [0.5, 0.6) is 0 Å². The average molecular weight is 177 g/mol. The van der Waals surface area contributed by atoms with E-state index >= 15 is 0 Å². The Bertz CT molecular complexity index is 117. The second-order valence-corrected chi connectivity index (χ2v) is 4.39. The molecule has 2 atom stereocenters. The molecule has 3 heteroatoms. The van der Waals surface area contributed by atoms with E-state index in [0.717, 1.165) is 24.5 Å². The lowest BCUT2D eigenvalue weighted by Crippen LogP contribution is -2.31. The summed E-state index contributed by atoms with van der Waals surface area (Å²) in [7, 11) is -0.614. The average Bonchev–Trinajstić information content (AvgIpc) is 1.87. The standard InChI is InChI=1S/C8H19NOS/c1-4-6-11(10)7-8(3)9-5-2/h8-9H,4-7H2,1-3H3. The van der Waals surface area contributed by atoms with Crippen LogP contribution < -0.4 is 5.32 Å². The summed E-state index contributed by atoms with van der Waals surface area (Å²) in [6, 6.07) is 0.396. The highest BCUT2D eigenvalue weighted by Crippen LogP contribution is 1.91. The summed E-state index contributed by atoms with van der Waals surface area (Å²) in [5.41, 5.74) is 0. The first-order valence-electron chi connectivity index (χ1n) is 4.29. The van der Waals surface area contributed by atoms with Crippen molar-refractivity contribution in [2.75, 3.05) is 18.1 Å². The molecule has 0 rings (SSSR count). The van der Waals surface area contributed by atoms with E-state index in [1.165, 1.54) is 0 Å². The van der Waals surface area contributed by atoms with Crippen molar-refractivity contribution in [2.45, 2.75) is 33.2 Å². The highest BCUT2D eigenvalue weighted by molar-refractivity contribution is 7.85. The minimum atomic E-state index is -0.614. The zero-order valence-electron chi connectivity index (χ0n) is 7.72. The number of hydrogen-bond donors (Lipinski definition) is 1. The van der Waals surface area contributed by atoms with Crippen LogP contribution in [0, 0.1) is 0 Å². The fourth-order valence-corrected chi connectivity index (χ4v) is 2.29. The van der Waals surface area contributed by atoms with Crippen LogP contribution in [-0.4, -0.2) is 28.3 Å². The fraction of sp³-hybridized carbons (Fsp3) is 1.00. The summed E-state index contributed by atoms with van der Waals surface area (Å²) in [6.07, 6.45) is 1.02. The number of hydrogen-bond acceptors (Lipinski definition) is 2. The maximum atomic E-state index is 11.2. The predicted octanol–water partition coefficient (Wildman–Crippen LogP) is 1.14. The van der Waals surface area contributed by atoms with Gasteiger partial charge in [0.25, 0.3) is 0 Å². The van der Waals surface area contributed by atoms with Gasteiger partial charge < -0.3 is 5.32 Å². The van der Waals surface area contributed by atoms with Crippen LogP contribution in [0.4, 0.5) is 0 Å². The van der Waals surface area contributed by atoms with Crippen molar-refractivity contribution in [2.24, 2.45) is 0 Å². The Morgan fingerprint density at radius 2 is 2.09 bits per heavy atom. The van der Waals surface area contributed by atoms with Gasteiger partial charge in [0.05, 0.1) is 0 Å². The van der Waals surface area contributed by atoms with E-state index in [4.69, 9.17) is 0 Å². The van der Waals surface area contributed by atoms with Crippen molar-refractivity contribution in [1.29, 1.82) is 0 Å². The number of nitrogens with one attached hydrogen (secondary N) is 1. The van der Waals surface area contributed by atoms with Crippen molar-refractivity contribution in [1.82, 2.24) is 5.32 Å². The predicted molar refractivity (Wildman–Crippen MR) is 51.3 cm³/mol. The summed E-state index contributed by atoms with van der Waals surface area (Å²) >= 11 is 0. The van der Waals surface area contributed by atoms with Crippen LogP contribution in [0.1, 0.15) is 27.2 Å². The monoisotopic (exact) mass is 177 g/mol. The summed E-state index contributed by atoms with van der Waals surface area (Å²) < 4.78 is 11.2. The van der Waals surface area contributed by atoms with E-state index < -0.39 is 10.8 Å². The van der Waals surface area contributed by atoms with Crippen molar-refractivity contribution in [3.05, 3.63) is 0 Å². The van der Waals surface area contributed by atoms with Crippen LogP contribution in [0.3, 0.4) is 0 Å². The molecule has 0 fully saturated rings. The largest absolute Gasteiger partial charge is 0.314 e. The zero-order chi connectivity index (χ0) is 8.69. The minimum Gasteiger partial charge on any atom is -0.314 e. The van der Waals surface area contributed by atoms with Gasteiger partial charge in [0.1, 0.15) is 0 Å². The molecule has 0 amide bonds. The van der Waals surface area contributed by atoms with Gasteiger partial charge >= 0.3 is 0 Å². The highest BCUT2D eigenvalue weighted by Gasteiger charge is 2.04. The third kappa shape index (κ3) is 6.51. The molecule has 68 valence electrons. The molecule has 0 radical (unpaired) electrons. The SMILES string of the molecule is CCCS(=O)CC(C)NCC. The van der Waals surface area contributed by atoms with Gasteiger partial charge in [-0.3, -0.25) is 4.21 Å². The summed E-state index contributed by atoms with van der Waals surface area (Å²) in [5, 5.41) is 3.24. The van der Waals surface area contributed by atoms with E-state index in [0.29, 0.717) is 6.04 Å². The molecule has 0 aliphatic carbocycles. The van der Waals surface area contributed by atoms with E-state index in [1.54, 1.807) is 0 Å². The molecule has 0 aromatic heterocycles. The maximum Gasteiger partial charge on any atom is 0.0386 e. The highest BCUT2D eigenvalue weighted by atomic mass is 32.2. The van der Waals surface area contributed by atoms with Gasteiger partial charge in [-0.25, -0.2) is 0 Å². The first-order valence-corrected chi connectivity index (χ1v) is 5.77. The molecule has 0 saturated carbocycles. The van der Waals surface area contributed by atoms with Crippen molar-refractivity contribution >= 4 is 10.8 Å². The number of rotatable bonds is 6. The van der Waals surface area contributed by atoms with E-state index in [2.05, 4.69) is 26.1 Å². The molecule has 2 unspecified atom stereocenters. The van der Waals surface area contributed by atoms with Gasteiger partial charge in [-0.05, 0) is 19.9 Å². The van der Waals surface area contributed by atoms with Crippen LogP contribution in [0.15, 0.2) is 0 Å². The Morgan fingerprint density at radius 3 is 2.55 bits per heavy atom. The third-order valence-electron chi connectivity index (χ3n) is 1.42. The molecule has 2 nitrogen and oxygen atoms in total. The Labute approximate surface area is 72.2 Å². The molecule has 11 heavy (non-hydrogen) atoms. The zero-order valence-corrected chi connectivity index (χ0v) is 8.54. The summed E-state index contributed by atoms with van der Waals surface area (Å²) in [5.74, 6) is 1.64. The molecular weight excluding hydrogens is 158 g/mol. The third-order valence-corrected chi connectivity index (χ3v) is 3.16. The van der Waals surface area contributed by atoms with Gasteiger partial charge in [-0.1, -0.05) is 13.8 Å². The van der Waals surface area contributed by atoms with E-state index in [-0.39, 0.29) is 0 Å². The maximum absolute atomic E-state index is 11.2. The minimum absolute atomic E-state index is 0.396. The molecule has 1 N–H and O–H groups in total. The molecular formula is C8H19NOS. The summed E-state index contributed by atoms with van der Waals surface area (Å²) in [6.45, 7) is 7.18. The lowest BCUT2D eigenvalue weighted by atomic mass is 10.4. The summed E-state index contributed by atoms with van der Waals surface area (Å²) in [4.78, 5) is 0. The van der Waals surface area contributed by atoms with Crippen molar-refractivity contribution in [3.63, 3.8) is 0 Å². The Balaban J connectivity index is 3.40. The molecule has 0 bridgehead atoms. The molecule has 0 heterocycles. The van der Waals surface area contributed by atoms with Gasteiger partial charge in [-0.2, -0.15) is 0 Å². The smallest absolute Gasteiger partial charge is 0.0386 e. The quantitative estimate of drug-likeness (QED) is 0.659. The molecule has 0 aromatic rings. The van der Waals surface area contributed by atoms with Gasteiger partial charge in [0, 0.05) is 28.3 Å². The first-order chi connectivity index (χ1) is 5.20. The normalized spacial score (nSPS) is 16.3.